The van der Waals surface area contributed by atoms with Crippen LogP contribution in [-0.4, -0.2) is 9.55 Å². The van der Waals surface area contributed by atoms with Crippen molar-refractivity contribution in [3.63, 3.8) is 0 Å². The molecule has 12 aromatic carbocycles. The van der Waals surface area contributed by atoms with Crippen LogP contribution >= 0.6 is 0 Å². The van der Waals surface area contributed by atoms with Gasteiger partial charge in [0.1, 0.15) is 0 Å². The molecule has 0 bridgehead atoms. The standard InChI is InChI=1S/C72H46N2/c1-4-20-47(21-5-1)51-45-68(49-37-39-62-61-30-14-17-33-66(61)72(67(62)44-49,53-22-6-2-7-23-53)54-24-8-3-9-25-54)73-69(46-51)52-40-50(41-55(42-52)74-70-34-18-15-31-63(70)64-32-16-19-35-71(64)74)48-36-38-60-58-28-11-10-26-56(58)57-27-12-13-29-59(57)65(60)43-48/h1-46H. The molecule has 2 heterocycles. The third-order valence-electron chi connectivity index (χ3n) is 15.8. The van der Waals surface area contributed by atoms with Crippen LogP contribution in [0.3, 0.4) is 0 Å². The molecule has 74 heavy (non-hydrogen) atoms. The van der Waals surface area contributed by atoms with Crippen LogP contribution in [0.1, 0.15) is 22.3 Å². The van der Waals surface area contributed by atoms with Crippen molar-refractivity contribution in [2.75, 3.05) is 0 Å². The third kappa shape index (κ3) is 6.41. The molecule has 2 nitrogen and oxygen atoms in total. The summed E-state index contributed by atoms with van der Waals surface area (Å²) < 4.78 is 2.44. The molecule has 0 N–H and O–H groups in total. The quantitative estimate of drug-likeness (QED) is 0.146. The van der Waals surface area contributed by atoms with E-state index in [1.165, 1.54) is 87.5 Å². The highest BCUT2D eigenvalue weighted by atomic mass is 15.0. The molecule has 0 radical (unpaired) electrons. The van der Waals surface area contributed by atoms with Crippen molar-refractivity contribution in [1.82, 2.24) is 9.55 Å². The van der Waals surface area contributed by atoms with Crippen LogP contribution in [0.5, 0.6) is 0 Å². The summed E-state index contributed by atoms with van der Waals surface area (Å²) >= 11 is 0. The zero-order valence-corrected chi connectivity index (χ0v) is 40.5. The van der Waals surface area contributed by atoms with Crippen LogP contribution in [0, 0.1) is 0 Å². The SMILES string of the molecule is c1ccc(-c2cc(-c3cc(-c4ccc5c6ccccc6c6ccccc6c5c4)cc(-n4c5ccccc5c5ccccc54)c3)nc(-c3ccc4c(c3)C(c3ccccc3)(c3ccccc3)c3ccccc3-4)c2)cc1. The average Bonchev–Trinajstić information content (AvgIpc) is 4.04. The first-order chi connectivity index (χ1) is 36.7. The number of fused-ring (bicyclic) bond motifs is 12. The van der Waals surface area contributed by atoms with Crippen molar-refractivity contribution >= 4 is 54.1 Å². The van der Waals surface area contributed by atoms with Gasteiger partial charge in [-0.05, 0) is 143 Å². The first kappa shape index (κ1) is 42.1. The van der Waals surface area contributed by atoms with Gasteiger partial charge in [0, 0.05) is 27.6 Å². The predicted molar refractivity (Wildman–Crippen MR) is 310 cm³/mol. The van der Waals surface area contributed by atoms with Gasteiger partial charge < -0.3 is 4.57 Å². The number of rotatable bonds is 7. The Bertz CT molecular complexity index is 4400. The van der Waals surface area contributed by atoms with E-state index in [2.05, 4.69) is 284 Å². The Morgan fingerprint density at radius 3 is 1.35 bits per heavy atom. The Labute approximate surface area is 429 Å². The second-order valence-corrected chi connectivity index (χ2v) is 19.8. The maximum atomic E-state index is 5.76. The van der Waals surface area contributed by atoms with Crippen molar-refractivity contribution in [3.8, 4) is 61.6 Å². The predicted octanol–water partition coefficient (Wildman–Crippen LogP) is 18.7. The number of nitrogens with zero attached hydrogens (tertiary/aromatic N) is 2. The molecule has 2 heteroatoms. The zero-order chi connectivity index (χ0) is 48.7. The summed E-state index contributed by atoms with van der Waals surface area (Å²) in [6, 6.07) is 103. The highest BCUT2D eigenvalue weighted by Crippen LogP contribution is 2.57. The van der Waals surface area contributed by atoms with Crippen LogP contribution in [0.2, 0.25) is 0 Å². The average molecular weight is 939 g/mol. The summed E-state index contributed by atoms with van der Waals surface area (Å²) in [4.78, 5) is 5.76. The Balaban J connectivity index is 0.990. The van der Waals surface area contributed by atoms with E-state index >= 15 is 0 Å². The van der Waals surface area contributed by atoms with E-state index in [-0.39, 0.29) is 0 Å². The second-order valence-electron chi connectivity index (χ2n) is 19.8. The molecule has 15 rings (SSSR count). The van der Waals surface area contributed by atoms with Gasteiger partial charge >= 0.3 is 0 Å². The summed E-state index contributed by atoms with van der Waals surface area (Å²) in [6.07, 6.45) is 0. The van der Waals surface area contributed by atoms with Crippen LogP contribution in [0.15, 0.2) is 279 Å². The van der Waals surface area contributed by atoms with E-state index < -0.39 is 5.41 Å². The van der Waals surface area contributed by atoms with Crippen molar-refractivity contribution in [2.24, 2.45) is 0 Å². The van der Waals surface area contributed by atoms with E-state index in [9.17, 15) is 0 Å². The lowest BCUT2D eigenvalue weighted by atomic mass is 9.67. The molecule has 0 saturated carbocycles. The lowest BCUT2D eigenvalue weighted by molar-refractivity contribution is 0.768. The Hall–Kier alpha value is -9.63. The van der Waals surface area contributed by atoms with E-state index in [0.717, 1.165) is 50.5 Å². The van der Waals surface area contributed by atoms with Crippen LogP contribution < -0.4 is 0 Å². The first-order valence-electron chi connectivity index (χ1n) is 25.6. The lowest BCUT2D eigenvalue weighted by Crippen LogP contribution is -2.28. The van der Waals surface area contributed by atoms with Gasteiger partial charge in [-0.25, -0.2) is 4.98 Å². The van der Waals surface area contributed by atoms with Gasteiger partial charge in [-0.3, -0.25) is 0 Å². The van der Waals surface area contributed by atoms with Gasteiger partial charge in [0.15, 0.2) is 0 Å². The van der Waals surface area contributed by atoms with Gasteiger partial charge in [0.25, 0.3) is 0 Å². The molecule has 0 aliphatic heterocycles. The molecule has 0 saturated heterocycles. The largest absolute Gasteiger partial charge is 0.309 e. The molecule has 14 aromatic rings. The van der Waals surface area contributed by atoms with Crippen molar-refractivity contribution < 1.29 is 0 Å². The molecule has 2 aromatic heterocycles. The van der Waals surface area contributed by atoms with Crippen molar-refractivity contribution in [3.05, 3.63) is 301 Å². The molecule has 0 unspecified atom stereocenters. The maximum Gasteiger partial charge on any atom is 0.0716 e. The van der Waals surface area contributed by atoms with Crippen molar-refractivity contribution in [1.29, 1.82) is 0 Å². The minimum Gasteiger partial charge on any atom is -0.309 e. The van der Waals surface area contributed by atoms with Crippen LogP contribution in [0.25, 0.3) is 116 Å². The number of benzene rings is 12. The van der Waals surface area contributed by atoms with Crippen molar-refractivity contribution in [2.45, 2.75) is 5.41 Å². The van der Waals surface area contributed by atoms with Gasteiger partial charge in [0.2, 0.25) is 0 Å². The van der Waals surface area contributed by atoms with Gasteiger partial charge in [-0.1, -0.05) is 224 Å². The molecule has 1 aliphatic rings. The van der Waals surface area contributed by atoms with E-state index in [4.69, 9.17) is 4.98 Å². The van der Waals surface area contributed by atoms with Gasteiger partial charge in [-0.2, -0.15) is 0 Å². The molecular formula is C72H46N2. The fourth-order valence-corrected chi connectivity index (χ4v) is 12.6. The van der Waals surface area contributed by atoms with E-state index in [1.54, 1.807) is 0 Å². The highest BCUT2D eigenvalue weighted by molar-refractivity contribution is 6.25. The minimum atomic E-state index is -0.534. The number of para-hydroxylation sites is 2. The zero-order valence-electron chi connectivity index (χ0n) is 40.5. The smallest absolute Gasteiger partial charge is 0.0716 e. The van der Waals surface area contributed by atoms with E-state index in [1.807, 2.05) is 0 Å². The Morgan fingerprint density at radius 2 is 0.716 bits per heavy atom. The third-order valence-corrected chi connectivity index (χ3v) is 15.8. The van der Waals surface area contributed by atoms with E-state index in [0.29, 0.717) is 0 Å². The summed E-state index contributed by atoms with van der Waals surface area (Å²) in [5.74, 6) is 0. The van der Waals surface area contributed by atoms with Crippen LogP contribution in [0.4, 0.5) is 0 Å². The fraction of sp³-hybridized carbons (Fsp3) is 0.0139. The molecule has 344 valence electrons. The molecular weight excluding hydrogens is 893 g/mol. The maximum absolute atomic E-state index is 5.76. The molecule has 0 amide bonds. The summed E-state index contributed by atoms with van der Waals surface area (Å²) in [5, 5.41) is 10.0. The van der Waals surface area contributed by atoms with Crippen LogP contribution in [-0.2, 0) is 5.41 Å². The number of hydrogen-bond donors (Lipinski definition) is 0. The molecule has 0 fully saturated rings. The van der Waals surface area contributed by atoms with Gasteiger partial charge in [0.05, 0.1) is 27.8 Å². The lowest BCUT2D eigenvalue weighted by Gasteiger charge is -2.34. The normalized spacial score (nSPS) is 12.7. The Kier molecular flexibility index (Phi) is 9.52. The topological polar surface area (TPSA) is 17.8 Å². The highest BCUT2D eigenvalue weighted by Gasteiger charge is 2.46. The first-order valence-corrected chi connectivity index (χ1v) is 25.6. The molecule has 0 spiro atoms. The monoisotopic (exact) mass is 938 g/mol. The minimum absolute atomic E-state index is 0.534. The summed E-state index contributed by atoms with van der Waals surface area (Å²) in [6.45, 7) is 0. The Morgan fingerprint density at radius 1 is 0.257 bits per heavy atom. The van der Waals surface area contributed by atoms with Gasteiger partial charge in [-0.15, -0.1) is 0 Å². The summed E-state index contributed by atoms with van der Waals surface area (Å²) in [5.41, 5.74) is 18.9. The summed E-state index contributed by atoms with van der Waals surface area (Å²) in [7, 11) is 0. The number of hydrogen-bond acceptors (Lipinski definition) is 1. The second kappa shape index (κ2) is 16.7. The fourth-order valence-electron chi connectivity index (χ4n) is 12.6. The number of aromatic nitrogens is 2. The molecule has 0 atom stereocenters. The number of pyridine rings is 1. The molecule has 1 aliphatic carbocycles.